The van der Waals surface area contributed by atoms with Gasteiger partial charge in [-0.15, -0.1) is 0 Å². The Balaban J connectivity index is 2.04. The van der Waals surface area contributed by atoms with Crippen LogP contribution in [0.2, 0.25) is 0 Å². The molecule has 1 fully saturated rings. The fourth-order valence-corrected chi connectivity index (χ4v) is 2.68. The molecule has 1 aliphatic carbocycles. The van der Waals surface area contributed by atoms with Crippen LogP contribution in [-0.2, 0) is 6.54 Å². The SMILES string of the molecule is CCn1nc(C)c(C(C)NCC2(CO)CC2)c1C. The Labute approximate surface area is 109 Å². The standard InChI is InChI=1S/C14H25N3O/c1-5-17-12(4)13(11(3)16-17)10(2)15-8-14(9-18)6-7-14/h10,15,18H,5-9H2,1-4H3. The van der Waals surface area contributed by atoms with Gasteiger partial charge in [-0.25, -0.2) is 0 Å². The summed E-state index contributed by atoms with van der Waals surface area (Å²) in [7, 11) is 0. The number of aromatic nitrogens is 2. The molecular weight excluding hydrogens is 226 g/mol. The van der Waals surface area contributed by atoms with Gasteiger partial charge in [-0.3, -0.25) is 4.68 Å². The third-order valence-corrected chi connectivity index (χ3v) is 4.25. The molecule has 1 aliphatic rings. The molecule has 0 saturated heterocycles. The molecule has 0 aromatic carbocycles. The van der Waals surface area contributed by atoms with Gasteiger partial charge in [0.1, 0.15) is 0 Å². The third-order valence-electron chi connectivity index (χ3n) is 4.25. The van der Waals surface area contributed by atoms with Gasteiger partial charge in [0, 0.05) is 42.4 Å². The van der Waals surface area contributed by atoms with E-state index in [0.29, 0.717) is 12.6 Å². The molecule has 4 nitrogen and oxygen atoms in total. The van der Waals surface area contributed by atoms with E-state index in [1.807, 2.05) is 0 Å². The monoisotopic (exact) mass is 251 g/mol. The van der Waals surface area contributed by atoms with Crippen LogP contribution in [0.4, 0.5) is 0 Å². The van der Waals surface area contributed by atoms with E-state index < -0.39 is 0 Å². The first kappa shape index (κ1) is 13.6. The van der Waals surface area contributed by atoms with Gasteiger partial charge in [-0.05, 0) is 40.5 Å². The van der Waals surface area contributed by atoms with Crippen molar-refractivity contribution >= 4 is 0 Å². The van der Waals surface area contributed by atoms with Crippen LogP contribution in [0.25, 0.3) is 0 Å². The summed E-state index contributed by atoms with van der Waals surface area (Å²) in [6.45, 7) is 10.6. The van der Waals surface area contributed by atoms with Crippen LogP contribution in [0.15, 0.2) is 0 Å². The predicted octanol–water partition coefficient (Wildman–Crippen LogP) is 1.94. The summed E-state index contributed by atoms with van der Waals surface area (Å²) in [5, 5.41) is 17.5. The molecule has 0 amide bonds. The van der Waals surface area contributed by atoms with Crippen molar-refractivity contribution < 1.29 is 5.11 Å². The number of nitrogens with zero attached hydrogens (tertiary/aromatic N) is 2. The lowest BCUT2D eigenvalue weighted by Gasteiger charge is -2.19. The van der Waals surface area contributed by atoms with Crippen LogP contribution in [0, 0.1) is 19.3 Å². The minimum atomic E-state index is 0.164. The summed E-state index contributed by atoms with van der Waals surface area (Å²) < 4.78 is 2.06. The summed E-state index contributed by atoms with van der Waals surface area (Å²) in [4.78, 5) is 0. The van der Waals surface area contributed by atoms with Crippen molar-refractivity contribution in [3.05, 3.63) is 17.0 Å². The lowest BCUT2D eigenvalue weighted by molar-refractivity contribution is 0.204. The maximum Gasteiger partial charge on any atom is 0.0644 e. The van der Waals surface area contributed by atoms with Crippen LogP contribution in [0.5, 0.6) is 0 Å². The average molecular weight is 251 g/mol. The Morgan fingerprint density at radius 2 is 2.11 bits per heavy atom. The molecule has 1 aromatic rings. The highest BCUT2D eigenvalue weighted by molar-refractivity contribution is 5.27. The van der Waals surface area contributed by atoms with Crippen LogP contribution in [-0.4, -0.2) is 28.0 Å². The summed E-state index contributed by atoms with van der Waals surface area (Å²) in [6.07, 6.45) is 2.30. The lowest BCUT2D eigenvalue weighted by Crippen LogP contribution is -2.29. The average Bonchev–Trinajstić information content (AvgIpc) is 3.08. The summed E-state index contributed by atoms with van der Waals surface area (Å²) >= 11 is 0. The van der Waals surface area contributed by atoms with Crippen LogP contribution < -0.4 is 5.32 Å². The quantitative estimate of drug-likeness (QED) is 0.812. The first-order valence-electron chi connectivity index (χ1n) is 6.91. The van der Waals surface area contributed by atoms with Crippen molar-refractivity contribution in [2.24, 2.45) is 5.41 Å². The van der Waals surface area contributed by atoms with Gasteiger partial charge in [0.25, 0.3) is 0 Å². The van der Waals surface area contributed by atoms with Crippen LogP contribution >= 0.6 is 0 Å². The highest BCUT2D eigenvalue weighted by Crippen LogP contribution is 2.44. The Hall–Kier alpha value is -0.870. The van der Waals surface area contributed by atoms with E-state index in [4.69, 9.17) is 0 Å². The van der Waals surface area contributed by atoms with Gasteiger partial charge in [-0.2, -0.15) is 5.10 Å². The van der Waals surface area contributed by atoms with E-state index in [-0.39, 0.29) is 5.41 Å². The van der Waals surface area contributed by atoms with Crippen molar-refractivity contribution in [1.29, 1.82) is 0 Å². The van der Waals surface area contributed by atoms with Crippen molar-refractivity contribution in [1.82, 2.24) is 15.1 Å². The molecule has 4 heteroatoms. The second-order valence-electron chi connectivity index (χ2n) is 5.66. The largest absolute Gasteiger partial charge is 0.396 e. The highest BCUT2D eigenvalue weighted by atomic mass is 16.3. The minimum absolute atomic E-state index is 0.164. The second kappa shape index (κ2) is 5.02. The Morgan fingerprint density at radius 3 is 2.56 bits per heavy atom. The summed E-state index contributed by atoms with van der Waals surface area (Å²) in [5.74, 6) is 0. The predicted molar refractivity (Wildman–Crippen MR) is 72.5 cm³/mol. The second-order valence-corrected chi connectivity index (χ2v) is 5.66. The number of hydrogen-bond acceptors (Lipinski definition) is 3. The van der Waals surface area contributed by atoms with Gasteiger partial charge in [0.15, 0.2) is 0 Å². The molecular formula is C14H25N3O. The number of hydrogen-bond donors (Lipinski definition) is 2. The molecule has 1 heterocycles. The number of nitrogens with one attached hydrogen (secondary N) is 1. The number of aliphatic hydroxyl groups excluding tert-OH is 1. The molecule has 1 unspecified atom stereocenters. The molecule has 2 rings (SSSR count). The van der Waals surface area contributed by atoms with E-state index in [1.165, 1.54) is 11.3 Å². The van der Waals surface area contributed by atoms with Gasteiger partial charge in [0.2, 0.25) is 0 Å². The summed E-state index contributed by atoms with van der Waals surface area (Å²) in [6, 6.07) is 0.300. The van der Waals surface area contributed by atoms with E-state index in [0.717, 1.165) is 31.6 Å². The molecule has 102 valence electrons. The Morgan fingerprint density at radius 1 is 1.44 bits per heavy atom. The smallest absolute Gasteiger partial charge is 0.0644 e. The maximum atomic E-state index is 9.33. The summed E-state index contributed by atoms with van der Waals surface area (Å²) in [5.41, 5.74) is 3.84. The highest BCUT2D eigenvalue weighted by Gasteiger charge is 2.41. The van der Waals surface area contributed by atoms with Gasteiger partial charge in [0.05, 0.1) is 5.69 Å². The van der Waals surface area contributed by atoms with Gasteiger partial charge < -0.3 is 10.4 Å². The Bertz CT molecular complexity index is 421. The minimum Gasteiger partial charge on any atom is -0.396 e. The fourth-order valence-electron chi connectivity index (χ4n) is 2.68. The molecule has 18 heavy (non-hydrogen) atoms. The zero-order chi connectivity index (χ0) is 13.3. The normalized spacial score (nSPS) is 18.9. The van der Waals surface area contributed by atoms with E-state index in [1.54, 1.807) is 0 Å². The first-order chi connectivity index (χ1) is 8.53. The molecule has 1 aromatic heterocycles. The number of aryl methyl sites for hydroxylation is 2. The van der Waals surface area contributed by atoms with Crippen molar-refractivity contribution in [2.75, 3.05) is 13.2 Å². The van der Waals surface area contributed by atoms with Crippen molar-refractivity contribution in [2.45, 2.75) is 53.1 Å². The van der Waals surface area contributed by atoms with Gasteiger partial charge >= 0.3 is 0 Å². The molecule has 0 spiro atoms. The third kappa shape index (κ3) is 2.45. The van der Waals surface area contributed by atoms with Crippen LogP contribution in [0.3, 0.4) is 0 Å². The molecule has 2 N–H and O–H groups in total. The zero-order valence-electron chi connectivity index (χ0n) is 12.0. The fraction of sp³-hybridized carbons (Fsp3) is 0.786. The number of aliphatic hydroxyl groups is 1. The Kier molecular flexibility index (Phi) is 3.78. The molecule has 0 bridgehead atoms. The molecule has 0 aliphatic heterocycles. The number of rotatable bonds is 6. The van der Waals surface area contributed by atoms with E-state index in [2.05, 4.69) is 42.8 Å². The van der Waals surface area contributed by atoms with Crippen molar-refractivity contribution in [3.63, 3.8) is 0 Å². The van der Waals surface area contributed by atoms with Crippen LogP contribution in [0.1, 0.15) is 49.7 Å². The maximum absolute atomic E-state index is 9.33. The van der Waals surface area contributed by atoms with E-state index in [9.17, 15) is 5.11 Å². The lowest BCUT2D eigenvalue weighted by atomic mass is 10.0. The molecule has 0 radical (unpaired) electrons. The molecule has 1 saturated carbocycles. The van der Waals surface area contributed by atoms with Crippen molar-refractivity contribution in [3.8, 4) is 0 Å². The zero-order valence-corrected chi connectivity index (χ0v) is 12.0. The van der Waals surface area contributed by atoms with Gasteiger partial charge in [-0.1, -0.05) is 0 Å². The molecule has 1 atom stereocenters. The topological polar surface area (TPSA) is 50.1 Å². The van der Waals surface area contributed by atoms with E-state index >= 15 is 0 Å². The first-order valence-corrected chi connectivity index (χ1v) is 6.91.